The van der Waals surface area contributed by atoms with E-state index in [0.29, 0.717) is 24.8 Å². The highest BCUT2D eigenvalue weighted by molar-refractivity contribution is 7.98. The van der Waals surface area contributed by atoms with Gasteiger partial charge >= 0.3 is 0 Å². The first kappa shape index (κ1) is 23.3. The highest BCUT2D eigenvalue weighted by Gasteiger charge is 2.21. The maximum Gasteiger partial charge on any atom is 0.251 e. The van der Waals surface area contributed by atoms with Crippen LogP contribution in [0.2, 0.25) is 0 Å². The molecule has 180 valence electrons. The van der Waals surface area contributed by atoms with Crippen LogP contribution in [-0.4, -0.2) is 34.9 Å². The molecular formula is C28H30N4O2S. The molecule has 0 spiro atoms. The van der Waals surface area contributed by atoms with Gasteiger partial charge < -0.3 is 19.5 Å². The summed E-state index contributed by atoms with van der Waals surface area (Å²) in [7, 11) is 0. The quantitative estimate of drug-likeness (QED) is 0.329. The summed E-state index contributed by atoms with van der Waals surface area (Å²) in [6, 6.07) is 20.7. The number of aromatic nitrogens is 2. The molecule has 0 radical (unpaired) electrons. The fourth-order valence-corrected chi connectivity index (χ4v) is 4.82. The molecule has 0 aliphatic carbocycles. The molecule has 1 aliphatic heterocycles. The predicted molar refractivity (Wildman–Crippen MR) is 143 cm³/mol. The topological polar surface area (TPSA) is 59.4 Å². The molecule has 0 unspecified atom stereocenters. The number of anilines is 2. The molecule has 35 heavy (non-hydrogen) atoms. The lowest BCUT2D eigenvalue weighted by Gasteiger charge is -2.24. The molecule has 1 N–H and O–H groups in total. The van der Waals surface area contributed by atoms with Gasteiger partial charge in [-0.1, -0.05) is 12.1 Å². The maximum absolute atomic E-state index is 12.9. The summed E-state index contributed by atoms with van der Waals surface area (Å²) in [5.41, 5.74) is 5.85. The average Bonchev–Trinajstić information content (AvgIpc) is 3.20. The van der Waals surface area contributed by atoms with Crippen LogP contribution in [-0.2, 0) is 6.54 Å². The standard InChI is InChI=1S/C28H30N4O2S/c1-19(2)32-18-30-24-11-8-22(16-26(24)32)31-13-4-14-34-27-15-21(7-12-25(27)31)28(33)29-17-20-5-9-23(35-3)10-6-20/h5-12,15-16,18-19H,4,13-14,17H2,1-3H3,(H,29,33). The van der Waals surface area contributed by atoms with Crippen molar-refractivity contribution in [2.45, 2.75) is 37.8 Å². The second kappa shape index (κ2) is 10.0. The Labute approximate surface area is 210 Å². The SMILES string of the molecule is CSc1ccc(CNC(=O)c2ccc3c(c2)OCCCN3c2ccc3ncn(C(C)C)c3c2)cc1. The number of benzene rings is 3. The van der Waals surface area contributed by atoms with Crippen molar-refractivity contribution >= 4 is 40.1 Å². The van der Waals surface area contributed by atoms with Gasteiger partial charge in [0.2, 0.25) is 0 Å². The van der Waals surface area contributed by atoms with E-state index in [9.17, 15) is 4.79 Å². The molecule has 1 aliphatic rings. The van der Waals surface area contributed by atoms with Gasteiger partial charge in [0.1, 0.15) is 5.75 Å². The molecule has 7 heteroatoms. The maximum atomic E-state index is 12.9. The van der Waals surface area contributed by atoms with Gasteiger partial charge in [-0.25, -0.2) is 4.98 Å². The Hall–Kier alpha value is -3.45. The van der Waals surface area contributed by atoms with Gasteiger partial charge in [-0.15, -0.1) is 11.8 Å². The number of hydrogen-bond acceptors (Lipinski definition) is 5. The van der Waals surface area contributed by atoms with Gasteiger partial charge in [0.15, 0.2) is 0 Å². The number of thioether (sulfide) groups is 1. The van der Waals surface area contributed by atoms with Gasteiger partial charge in [-0.05, 0) is 80.6 Å². The largest absolute Gasteiger partial charge is 0.491 e. The normalized spacial score (nSPS) is 13.4. The smallest absolute Gasteiger partial charge is 0.251 e. The van der Waals surface area contributed by atoms with E-state index in [4.69, 9.17) is 4.74 Å². The molecule has 0 bridgehead atoms. The van der Waals surface area contributed by atoms with E-state index in [1.807, 2.05) is 36.7 Å². The molecule has 0 saturated carbocycles. The lowest BCUT2D eigenvalue weighted by Crippen LogP contribution is -2.23. The highest BCUT2D eigenvalue weighted by atomic mass is 32.2. The third-order valence-corrected chi connectivity index (χ3v) is 7.08. The fourth-order valence-electron chi connectivity index (χ4n) is 4.41. The minimum atomic E-state index is -0.108. The van der Waals surface area contributed by atoms with Crippen LogP contribution in [0, 0.1) is 0 Å². The minimum absolute atomic E-state index is 0.108. The van der Waals surface area contributed by atoms with E-state index in [-0.39, 0.29) is 5.91 Å². The van der Waals surface area contributed by atoms with Crippen molar-refractivity contribution in [2.75, 3.05) is 24.3 Å². The van der Waals surface area contributed by atoms with E-state index in [1.165, 1.54) is 4.90 Å². The Morgan fingerprint density at radius 2 is 1.94 bits per heavy atom. The summed E-state index contributed by atoms with van der Waals surface area (Å²) in [5.74, 6) is 0.625. The Kier molecular flexibility index (Phi) is 6.68. The van der Waals surface area contributed by atoms with Crippen molar-refractivity contribution in [3.8, 4) is 5.75 Å². The summed E-state index contributed by atoms with van der Waals surface area (Å²) in [5, 5.41) is 3.03. The van der Waals surface area contributed by atoms with Crippen molar-refractivity contribution in [1.29, 1.82) is 0 Å². The fraction of sp³-hybridized carbons (Fsp3) is 0.286. The zero-order chi connectivity index (χ0) is 24.4. The van der Waals surface area contributed by atoms with Gasteiger partial charge in [-0.3, -0.25) is 4.79 Å². The Bertz CT molecular complexity index is 1350. The molecule has 1 amide bonds. The molecule has 2 heterocycles. The molecule has 1 aromatic heterocycles. The van der Waals surface area contributed by atoms with Crippen LogP contribution >= 0.6 is 11.8 Å². The number of nitrogens with one attached hydrogen (secondary N) is 1. The van der Waals surface area contributed by atoms with Crippen LogP contribution in [0.25, 0.3) is 11.0 Å². The second-order valence-corrected chi connectivity index (χ2v) is 9.87. The van der Waals surface area contributed by atoms with Crippen molar-refractivity contribution < 1.29 is 9.53 Å². The molecule has 4 aromatic rings. The number of nitrogens with zero attached hydrogens (tertiary/aromatic N) is 3. The lowest BCUT2D eigenvalue weighted by atomic mass is 10.1. The van der Waals surface area contributed by atoms with Crippen LogP contribution in [0.15, 0.2) is 71.9 Å². The number of amides is 1. The van der Waals surface area contributed by atoms with E-state index in [1.54, 1.807) is 11.8 Å². The molecule has 0 saturated heterocycles. The minimum Gasteiger partial charge on any atom is -0.491 e. The summed E-state index contributed by atoms with van der Waals surface area (Å²) in [6.07, 6.45) is 4.85. The Morgan fingerprint density at radius 3 is 2.71 bits per heavy atom. The summed E-state index contributed by atoms with van der Waals surface area (Å²) in [6.45, 7) is 6.26. The zero-order valence-electron chi connectivity index (χ0n) is 20.3. The zero-order valence-corrected chi connectivity index (χ0v) is 21.1. The monoisotopic (exact) mass is 486 g/mol. The van der Waals surface area contributed by atoms with E-state index >= 15 is 0 Å². The number of fused-ring (bicyclic) bond motifs is 2. The van der Waals surface area contributed by atoms with Gasteiger partial charge in [0.05, 0.1) is 29.7 Å². The van der Waals surface area contributed by atoms with Crippen LogP contribution < -0.4 is 15.0 Å². The number of hydrogen-bond donors (Lipinski definition) is 1. The predicted octanol–water partition coefficient (Wildman–Crippen LogP) is 6.19. The molecule has 3 aromatic carbocycles. The summed E-state index contributed by atoms with van der Waals surface area (Å²) < 4.78 is 8.26. The number of carbonyl (C=O) groups excluding carboxylic acids is 1. The van der Waals surface area contributed by atoms with Gasteiger partial charge in [0.25, 0.3) is 5.91 Å². The van der Waals surface area contributed by atoms with E-state index < -0.39 is 0 Å². The van der Waals surface area contributed by atoms with Gasteiger partial charge in [-0.2, -0.15) is 0 Å². The van der Waals surface area contributed by atoms with Crippen molar-refractivity contribution in [1.82, 2.24) is 14.9 Å². The lowest BCUT2D eigenvalue weighted by molar-refractivity contribution is 0.0950. The molecule has 0 fully saturated rings. The molecule has 6 nitrogen and oxygen atoms in total. The number of imidazole rings is 1. The third-order valence-electron chi connectivity index (χ3n) is 6.33. The second-order valence-electron chi connectivity index (χ2n) is 8.99. The summed E-state index contributed by atoms with van der Waals surface area (Å²) >= 11 is 1.71. The van der Waals surface area contributed by atoms with Crippen molar-refractivity contribution in [2.24, 2.45) is 0 Å². The van der Waals surface area contributed by atoms with Crippen LogP contribution in [0.4, 0.5) is 11.4 Å². The molecule has 0 atom stereocenters. The van der Waals surface area contributed by atoms with E-state index in [2.05, 4.69) is 70.2 Å². The first-order valence-electron chi connectivity index (χ1n) is 12.0. The van der Waals surface area contributed by atoms with E-state index in [0.717, 1.165) is 46.7 Å². The number of ether oxygens (including phenoxy) is 1. The van der Waals surface area contributed by atoms with Crippen LogP contribution in [0.5, 0.6) is 5.75 Å². The molecule has 5 rings (SSSR count). The first-order valence-corrected chi connectivity index (χ1v) is 13.2. The van der Waals surface area contributed by atoms with Crippen LogP contribution in [0.1, 0.15) is 42.2 Å². The Morgan fingerprint density at radius 1 is 1.11 bits per heavy atom. The van der Waals surface area contributed by atoms with Crippen LogP contribution in [0.3, 0.4) is 0 Å². The summed E-state index contributed by atoms with van der Waals surface area (Å²) in [4.78, 5) is 20.9. The van der Waals surface area contributed by atoms with Crippen molar-refractivity contribution in [3.63, 3.8) is 0 Å². The number of carbonyl (C=O) groups is 1. The highest BCUT2D eigenvalue weighted by Crippen LogP contribution is 2.38. The van der Waals surface area contributed by atoms with Crippen molar-refractivity contribution in [3.05, 3.63) is 78.1 Å². The Balaban J connectivity index is 1.38. The third kappa shape index (κ3) is 4.86. The average molecular weight is 487 g/mol. The first-order chi connectivity index (χ1) is 17.0. The van der Waals surface area contributed by atoms with Gasteiger partial charge in [0, 0.05) is 35.3 Å². The molecular weight excluding hydrogens is 456 g/mol. The number of rotatable bonds is 6.